The van der Waals surface area contributed by atoms with Gasteiger partial charge in [-0.05, 0) is 48.8 Å². The van der Waals surface area contributed by atoms with Gasteiger partial charge in [0.05, 0.1) is 6.61 Å². The minimum atomic E-state index is 0.515. The van der Waals surface area contributed by atoms with Crippen molar-refractivity contribution >= 4 is 0 Å². The summed E-state index contributed by atoms with van der Waals surface area (Å²) in [5.74, 6) is 2.45. The molecule has 92 valence electrons. The summed E-state index contributed by atoms with van der Waals surface area (Å²) in [5.41, 5.74) is 3.17. The summed E-state index contributed by atoms with van der Waals surface area (Å²) in [7, 11) is 3.85. The third kappa shape index (κ3) is 1.80. The highest BCUT2D eigenvalue weighted by atomic mass is 16.5. The van der Waals surface area contributed by atoms with Crippen molar-refractivity contribution in [3.05, 3.63) is 35.4 Å². The molecule has 2 aliphatic rings. The van der Waals surface area contributed by atoms with Gasteiger partial charge >= 0.3 is 0 Å². The van der Waals surface area contributed by atoms with Gasteiger partial charge in [-0.2, -0.15) is 0 Å². The quantitative estimate of drug-likeness (QED) is 0.857. The van der Waals surface area contributed by atoms with E-state index < -0.39 is 0 Å². The van der Waals surface area contributed by atoms with Crippen LogP contribution in [0.1, 0.15) is 23.5 Å². The molecule has 1 N–H and O–H groups in total. The number of nitrogens with one attached hydrogen (secondary N) is 1. The number of likely N-dealkylation sites (N-methyl/N-ethyl adjacent to an activating group) is 1. The summed E-state index contributed by atoms with van der Waals surface area (Å²) in [5, 5.41) is 3.43. The molecule has 2 nitrogen and oxygen atoms in total. The smallest absolute Gasteiger partial charge is 0.0618 e. The van der Waals surface area contributed by atoms with E-state index in [0.717, 1.165) is 24.4 Å². The number of ether oxygens (including phenoxy) is 1. The molecule has 0 radical (unpaired) electrons. The van der Waals surface area contributed by atoms with Crippen molar-refractivity contribution in [2.45, 2.75) is 24.8 Å². The Balaban J connectivity index is 1.81. The molecule has 1 saturated carbocycles. The van der Waals surface area contributed by atoms with Crippen molar-refractivity contribution < 1.29 is 4.74 Å². The first-order valence-electron chi connectivity index (χ1n) is 6.61. The van der Waals surface area contributed by atoms with Crippen molar-refractivity contribution in [1.29, 1.82) is 0 Å². The number of hydrogen-bond acceptors (Lipinski definition) is 2. The van der Waals surface area contributed by atoms with Crippen LogP contribution in [0.3, 0.4) is 0 Å². The Morgan fingerprint density at radius 3 is 3.00 bits per heavy atom. The normalized spacial score (nSPS) is 31.5. The number of rotatable bonds is 4. The molecule has 0 amide bonds. The molecular weight excluding hydrogens is 210 g/mol. The van der Waals surface area contributed by atoms with Gasteiger partial charge in [-0.15, -0.1) is 0 Å². The third-order valence-electron chi connectivity index (χ3n) is 4.57. The maximum absolute atomic E-state index is 5.33. The molecule has 0 bridgehead atoms. The van der Waals surface area contributed by atoms with Crippen molar-refractivity contribution in [1.82, 2.24) is 5.32 Å². The van der Waals surface area contributed by atoms with E-state index in [1.807, 2.05) is 0 Å². The fourth-order valence-corrected chi connectivity index (χ4v) is 3.73. The maximum atomic E-state index is 5.33. The molecular formula is C15H21NO. The molecule has 2 aliphatic carbocycles. The van der Waals surface area contributed by atoms with Gasteiger partial charge < -0.3 is 10.1 Å². The van der Waals surface area contributed by atoms with Crippen LogP contribution in [-0.4, -0.2) is 26.8 Å². The van der Waals surface area contributed by atoms with Gasteiger partial charge in [0, 0.05) is 13.2 Å². The van der Waals surface area contributed by atoms with Crippen LogP contribution < -0.4 is 5.32 Å². The first-order chi connectivity index (χ1) is 8.36. The Kier molecular flexibility index (Phi) is 2.93. The molecule has 4 unspecified atom stereocenters. The van der Waals surface area contributed by atoms with E-state index in [9.17, 15) is 0 Å². The fourth-order valence-electron chi connectivity index (χ4n) is 3.73. The van der Waals surface area contributed by atoms with E-state index in [4.69, 9.17) is 4.74 Å². The van der Waals surface area contributed by atoms with E-state index in [2.05, 4.69) is 36.6 Å². The fraction of sp³-hybridized carbons (Fsp3) is 0.600. The lowest BCUT2D eigenvalue weighted by atomic mass is 9.92. The van der Waals surface area contributed by atoms with Crippen LogP contribution in [0, 0.1) is 11.8 Å². The van der Waals surface area contributed by atoms with Gasteiger partial charge in [0.1, 0.15) is 0 Å². The molecule has 2 heteroatoms. The van der Waals surface area contributed by atoms with Gasteiger partial charge in [0.25, 0.3) is 0 Å². The zero-order valence-corrected chi connectivity index (χ0v) is 10.6. The minimum absolute atomic E-state index is 0.515. The first kappa shape index (κ1) is 11.2. The molecule has 0 saturated heterocycles. The van der Waals surface area contributed by atoms with Gasteiger partial charge in [0.2, 0.25) is 0 Å². The van der Waals surface area contributed by atoms with E-state index >= 15 is 0 Å². The van der Waals surface area contributed by atoms with E-state index in [0.29, 0.717) is 6.04 Å². The van der Waals surface area contributed by atoms with E-state index in [-0.39, 0.29) is 0 Å². The van der Waals surface area contributed by atoms with Crippen LogP contribution >= 0.6 is 0 Å². The van der Waals surface area contributed by atoms with Crippen LogP contribution in [0.5, 0.6) is 0 Å². The van der Waals surface area contributed by atoms with Crippen LogP contribution in [0.2, 0.25) is 0 Å². The van der Waals surface area contributed by atoms with Crippen LogP contribution in [0.15, 0.2) is 24.3 Å². The summed E-state index contributed by atoms with van der Waals surface area (Å²) in [6.45, 7) is 0.830. The van der Waals surface area contributed by atoms with Crippen molar-refractivity contribution in [3.8, 4) is 0 Å². The van der Waals surface area contributed by atoms with Gasteiger partial charge in [0.15, 0.2) is 0 Å². The van der Waals surface area contributed by atoms with Gasteiger partial charge in [-0.1, -0.05) is 24.3 Å². The van der Waals surface area contributed by atoms with Gasteiger partial charge in [-0.25, -0.2) is 0 Å². The molecule has 1 aromatic carbocycles. The standard InChI is InChI=1S/C15H21NO/c1-16-13(9-17-2)15-12-8-7-10-5-3-4-6-11(10)14(12)15/h3-6,12-16H,7-9H2,1-2H3. The minimum Gasteiger partial charge on any atom is -0.383 e. The van der Waals surface area contributed by atoms with Crippen molar-refractivity contribution in [2.75, 3.05) is 20.8 Å². The second kappa shape index (κ2) is 4.43. The topological polar surface area (TPSA) is 21.3 Å². The summed E-state index contributed by atoms with van der Waals surface area (Å²) in [6, 6.07) is 9.49. The number of benzene rings is 1. The predicted octanol–water partition coefficient (Wildman–Crippen LogP) is 2.20. The largest absolute Gasteiger partial charge is 0.383 e. The molecule has 0 aromatic heterocycles. The monoisotopic (exact) mass is 231 g/mol. The van der Waals surface area contributed by atoms with E-state index in [1.165, 1.54) is 12.8 Å². The average Bonchev–Trinajstić information content (AvgIpc) is 3.10. The van der Waals surface area contributed by atoms with E-state index in [1.54, 1.807) is 18.2 Å². The Morgan fingerprint density at radius 2 is 2.24 bits per heavy atom. The summed E-state index contributed by atoms with van der Waals surface area (Å²) >= 11 is 0. The molecule has 4 atom stereocenters. The lowest BCUT2D eigenvalue weighted by Crippen LogP contribution is -2.33. The predicted molar refractivity (Wildman–Crippen MR) is 69.2 cm³/mol. The second-order valence-corrected chi connectivity index (χ2v) is 5.35. The number of methoxy groups -OCH3 is 1. The molecule has 0 heterocycles. The Labute approximate surface area is 103 Å². The van der Waals surface area contributed by atoms with Crippen molar-refractivity contribution in [3.63, 3.8) is 0 Å². The lowest BCUT2D eigenvalue weighted by Gasteiger charge is -2.15. The summed E-state index contributed by atoms with van der Waals surface area (Å²) in [4.78, 5) is 0. The number of hydrogen-bond donors (Lipinski definition) is 1. The first-order valence-corrected chi connectivity index (χ1v) is 6.61. The Hall–Kier alpha value is -0.860. The summed E-state index contributed by atoms with van der Waals surface area (Å²) in [6.07, 6.45) is 2.62. The lowest BCUT2D eigenvalue weighted by molar-refractivity contribution is 0.158. The SMILES string of the molecule is CNC(COC)C1C2CCc3ccccc3C21. The average molecular weight is 231 g/mol. The Morgan fingerprint density at radius 1 is 1.41 bits per heavy atom. The highest BCUT2D eigenvalue weighted by molar-refractivity contribution is 5.40. The molecule has 1 fully saturated rings. The molecule has 0 aliphatic heterocycles. The number of fused-ring (bicyclic) bond motifs is 3. The highest BCUT2D eigenvalue weighted by Crippen LogP contribution is 2.61. The maximum Gasteiger partial charge on any atom is 0.0618 e. The number of aryl methyl sites for hydroxylation is 1. The molecule has 1 aromatic rings. The van der Waals surface area contributed by atoms with Crippen molar-refractivity contribution in [2.24, 2.45) is 11.8 Å². The zero-order chi connectivity index (χ0) is 11.8. The molecule has 3 rings (SSSR count). The molecule has 17 heavy (non-hydrogen) atoms. The van der Waals surface area contributed by atoms with Gasteiger partial charge in [-0.3, -0.25) is 0 Å². The van der Waals surface area contributed by atoms with Crippen LogP contribution in [-0.2, 0) is 11.2 Å². The molecule has 0 spiro atoms. The Bertz CT molecular complexity index is 404. The van der Waals surface area contributed by atoms with Crippen LogP contribution in [0.25, 0.3) is 0 Å². The highest BCUT2D eigenvalue weighted by Gasteiger charge is 2.55. The third-order valence-corrected chi connectivity index (χ3v) is 4.57. The summed E-state index contributed by atoms with van der Waals surface area (Å²) < 4.78 is 5.33. The second-order valence-electron chi connectivity index (χ2n) is 5.35. The van der Waals surface area contributed by atoms with Crippen LogP contribution in [0.4, 0.5) is 0 Å². The zero-order valence-electron chi connectivity index (χ0n) is 10.6.